The second kappa shape index (κ2) is 28.3. The Morgan fingerprint density at radius 2 is 0.650 bits per heavy atom. The van der Waals surface area contributed by atoms with Crippen LogP contribution in [0.25, 0.3) is 0 Å². The Morgan fingerprint density at radius 1 is 0.350 bits per heavy atom. The van der Waals surface area contributed by atoms with Gasteiger partial charge in [0.2, 0.25) is 0 Å². The first-order chi connectivity index (χ1) is 19.8. The average Bonchev–Trinajstić information content (AvgIpc) is 2.98. The number of nitrogens with zero attached hydrogens (tertiary/aromatic N) is 1. The largest absolute Gasteiger partial charge is 0.324 e. The van der Waals surface area contributed by atoms with E-state index in [2.05, 4.69) is 51.1 Å². The molecule has 0 N–H and O–H groups in total. The van der Waals surface area contributed by atoms with Crippen molar-refractivity contribution < 1.29 is 4.48 Å². The highest BCUT2D eigenvalue weighted by molar-refractivity contribution is 5.14. The van der Waals surface area contributed by atoms with Crippen molar-refractivity contribution in [1.82, 2.24) is 0 Å². The van der Waals surface area contributed by atoms with E-state index in [1.807, 2.05) is 0 Å². The summed E-state index contributed by atoms with van der Waals surface area (Å²) in [5.74, 6) is 0. The maximum atomic E-state index is 2.34. The predicted molar refractivity (Wildman–Crippen MR) is 182 cm³/mol. The molecule has 0 radical (unpaired) electrons. The first kappa shape index (κ1) is 37.2. The van der Waals surface area contributed by atoms with Crippen LogP contribution in [0.1, 0.15) is 187 Å². The number of unbranched alkanes of at least 4 members (excludes halogenated alkanes) is 21. The minimum Gasteiger partial charge on any atom is -0.324 e. The molecule has 0 aromatic heterocycles. The Hall–Kier alpha value is -0.820. The molecule has 0 heterocycles. The summed E-state index contributed by atoms with van der Waals surface area (Å²) in [7, 11) is 0. The van der Waals surface area contributed by atoms with Gasteiger partial charge in [0.05, 0.1) is 26.2 Å². The highest BCUT2D eigenvalue weighted by Gasteiger charge is 2.25. The van der Waals surface area contributed by atoms with Gasteiger partial charge < -0.3 is 4.48 Å². The topological polar surface area (TPSA) is 0 Å². The van der Waals surface area contributed by atoms with Crippen molar-refractivity contribution in [3.8, 4) is 0 Å². The molecule has 40 heavy (non-hydrogen) atoms. The van der Waals surface area contributed by atoms with Crippen LogP contribution in [0, 0.1) is 0 Å². The second-order valence-corrected chi connectivity index (χ2v) is 13.2. The SMILES string of the molecule is CCCCCCCC[N+](CCCCCCCC)(CCCCCCCC)CCCCCCCCCc1ccccc1. The number of hydrogen-bond acceptors (Lipinski definition) is 0. The lowest BCUT2D eigenvalue weighted by Crippen LogP contribution is -2.50. The fraction of sp³-hybridized carbons (Fsp3) is 0.846. The molecule has 1 heteroatoms. The highest BCUT2D eigenvalue weighted by atomic mass is 15.3. The number of rotatable bonds is 31. The van der Waals surface area contributed by atoms with Gasteiger partial charge in [0.1, 0.15) is 0 Å². The molecule has 0 saturated heterocycles. The van der Waals surface area contributed by atoms with Gasteiger partial charge in [-0.15, -0.1) is 0 Å². The second-order valence-electron chi connectivity index (χ2n) is 13.2. The summed E-state index contributed by atoms with van der Waals surface area (Å²) in [5, 5.41) is 0. The standard InChI is InChI=1S/C39H74N/c1-4-7-10-13-20-28-35-40(36-29-21-14-11-8-5-2,37-30-22-15-12-9-6-3)38-31-23-18-16-17-19-25-32-39-33-26-24-27-34-39/h24,26-27,33-34H,4-23,25,28-32,35-38H2,1-3H3/q+1. The summed E-state index contributed by atoms with van der Waals surface area (Å²) < 4.78 is 1.46. The Balaban J connectivity index is 2.48. The summed E-state index contributed by atoms with van der Waals surface area (Å²) in [6.07, 6.45) is 37.2. The zero-order chi connectivity index (χ0) is 28.8. The van der Waals surface area contributed by atoms with Crippen LogP contribution >= 0.6 is 0 Å². The molecule has 0 saturated carbocycles. The number of aryl methyl sites for hydroxylation is 1. The van der Waals surface area contributed by atoms with Crippen molar-refractivity contribution in [1.29, 1.82) is 0 Å². The zero-order valence-corrected chi connectivity index (χ0v) is 28.0. The predicted octanol–water partition coefficient (Wildman–Crippen LogP) is 12.9. The normalized spacial score (nSPS) is 11.9. The Morgan fingerprint density at radius 3 is 1.00 bits per heavy atom. The lowest BCUT2D eigenvalue weighted by atomic mass is 10.0. The molecule has 1 aromatic carbocycles. The van der Waals surface area contributed by atoms with Gasteiger partial charge in [-0.3, -0.25) is 0 Å². The molecule has 0 atom stereocenters. The number of hydrogen-bond donors (Lipinski definition) is 0. The quantitative estimate of drug-likeness (QED) is 0.0630. The van der Waals surface area contributed by atoms with Crippen molar-refractivity contribution in [3.63, 3.8) is 0 Å². The van der Waals surface area contributed by atoms with E-state index in [-0.39, 0.29) is 0 Å². The Bertz CT molecular complexity index is 568. The van der Waals surface area contributed by atoms with Gasteiger partial charge in [0, 0.05) is 0 Å². The van der Waals surface area contributed by atoms with Gasteiger partial charge in [0.25, 0.3) is 0 Å². The van der Waals surface area contributed by atoms with Crippen LogP contribution in [0.5, 0.6) is 0 Å². The lowest BCUT2D eigenvalue weighted by molar-refractivity contribution is -0.929. The highest BCUT2D eigenvalue weighted by Crippen LogP contribution is 2.21. The van der Waals surface area contributed by atoms with E-state index < -0.39 is 0 Å². The van der Waals surface area contributed by atoms with E-state index in [1.165, 1.54) is 203 Å². The van der Waals surface area contributed by atoms with Crippen molar-refractivity contribution >= 4 is 0 Å². The molecule has 0 aliphatic heterocycles. The maximum Gasteiger partial charge on any atom is 0.0786 e. The molecule has 1 rings (SSSR count). The molecule has 0 aliphatic carbocycles. The fourth-order valence-corrected chi connectivity index (χ4v) is 6.66. The van der Waals surface area contributed by atoms with Gasteiger partial charge in [-0.1, -0.05) is 154 Å². The molecule has 0 aliphatic rings. The zero-order valence-electron chi connectivity index (χ0n) is 28.0. The minimum atomic E-state index is 1.26. The third kappa shape index (κ3) is 21.9. The molecule has 1 nitrogen and oxygen atoms in total. The molecule has 0 fully saturated rings. The molecule has 234 valence electrons. The van der Waals surface area contributed by atoms with Crippen LogP contribution in [-0.4, -0.2) is 30.7 Å². The van der Waals surface area contributed by atoms with E-state index in [4.69, 9.17) is 0 Å². The molecule has 0 amide bonds. The summed E-state index contributed by atoms with van der Waals surface area (Å²) in [5.41, 5.74) is 1.51. The van der Waals surface area contributed by atoms with Crippen molar-refractivity contribution in [2.75, 3.05) is 26.2 Å². The van der Waals surface area contributed by atoms with Crippen molar-refractivity contribution in [2.24, 2.45) is 0 Å². The van der Waals surface area contributed by atoms with Gasteiger partial charge in [0.15, 0.2) is 0 Å². The van der Waals surface area contributed by atoms with E-state index >= 15 is 0 Å². The molecule has 0 spiro atoms. The molecule has 0 unspecified atom stereocenters. The van der Waals surface area contributed by atoms with Crippen LogP contribution in [0.2, 0.25) is 0 Å². The van der Waals surface area contributed by atoms with Crippen LogP contribution in [0.3, 0.4) is 0 Å². The van der Waals surface area contributed by atoms with Crippen molar-refractivity contribution in [3.05, 3.63) is 35.9 Å². The summed E-state index contributed by atoms with van der Waals surface area (Å²) in [6.45, 7) is 12.9. The van der Waals surface area contributed by atoms with Crippen LogP contribution in [-0.2, 0) is 6.42 Å². The number of quaternary nitrogens is 1. The molecular formula is C39H74N+. The van der Waals surface area contributed by atoms with E-state index in [1.54, 1.807) is 0 Å². The van der Waals surface area contributed by atoms with Gasteiger partial charge in [-0.2, -0.15) is 0 Å². The minimum absolute atomic E-state index is 1.26. The van der Waals surface area contributed by atoms with Crippen LogP contribution in [0.4, 0.5) is 0 Å². The smallest absolute Gasteiger partial charge is 0.0786 e. The average molecular weight is 557 g/mol. The summed E-state index contributed by atoms with van der Waals surface area (Å²) in [6, 6.07) is 11.1. The Labute approximate surface area is 253 Å². The van der Waals surface area contributed by atoms with E-state index in [0.29, 0.717) is 0 Å². The lowest BCUT2D eigenvalue weighted by Gasteiger charge is -2.40. The van der Waals surface area contributed by atoms with Gasteiger partial charge in [-0.25, -0.2) is 0 Å². The summed E-state index contributed by atoms with van der Waals surface area (Å²) >= 11 is 0. The monoisotopic (exact) mass is 557 g/mol. The van der Waals surface area contributed by atoms with Crippen LogP contribution < -0.4 is 0 Å². The van der Waals surface area contributed by atoms with E-state index in [0.717, 1.165) is 0 Å². The molecule has 0 bridgehead atoms. The molecule has 1 aromatic rings. The van der Waals surface area contributed by atoms with Crippen molar-refractivity contribution in [2.45, 2.75) is 188 Å². The third-order valence-corrected chi connectivity index (χ3v) is 9.40. The number of benzene rings is 1. The van der Waals surface area contributed by atoms with Gasteiger partial charge in [-0.05, 0) is 69.8 Å². The Kier molecular flexibility index (Phi) is 26.3. The first-order valence-corrected chi connectivity index (χ1v) is 18.7. The summed E-state index contributed by atoms with van der Waals surface area (Å²) in [4.78, 5) is 0. The fourth-order valence-electron chi connectivity index (χ4n) is 6.66. The van der Waals surface area contributed by atoms with Crippen LogP contribution in [0.15, 0.2) is 30.3 Å². The maximum absolute atomic E-state index is 2.34. The third-order valence-electron chi connectivity index (χ3n) is 9.40. The first-order valence-electron chi connectivity index (χ1n) is 18.7. The van der Waals surface area contributed by atoms with Gasteiger partial charge >= 0.3 is 0 Å². The van der Waals surface area contributed by atoms with E-state index in [9.17, 15) is 0 Å². The molecular weight excluding hydrogens is 482 g/mol.